The van der Waals surface area contributed by atoms with Gasteiger partial charge < -0.3 is 14.3 Å². The summed E-state index contributed by atoms with van der Waals surface area (Å²) in [6.45, 7) is 0.688. The molecule has 0 unspecified atom stereocenters. The molecule has 3 rings (SSSR count). The van der Waals surface area contributed by atoms with E-state index in [1.807, 2.05) is 6.07 Å². The fourth-order valence-corrected chi connectivity index (χ4v) is 2.18. The maximum Gasteiger partial charge on any atom is 0.412 e. The SMILES string of the molecule is Oc1nnc(-c2cc(Cl)c3c(c2)CCCO3)o1. The molecule has 88 valence electrons. The van der Waals surface area contributed by atoms with Gasteiger partial charge in [0.2, 0.25) is 0 Å². The first-order valence-corrected chi connectivity index (χ1v) is 5.60. The van der Waals surface area contributed by atoms with Crippen molar-refractivity contribution in [2.24, 2.45) is 0 Å². The second-order valence-corrected chi connectivity index (χ2v) is 4.20. The summed E-state index contributed by atoms with van der Waals surface area (Å²) < 4.78 is 10.5. The van der Waals surface area contributed by atoms with Crippen LogP contribution in [0.15, 0.2) is 16.5 Å². The van der Waals surface area contributed by atoms with Crippen molar-refractivity contribution in [3.8, 4) is 23.3 Å². The van der Waals surface area contributed by atoms with Crippen LogP contribution in [0.5, 0.6) is 11.8 Å². The molecule has 0 bridgehead atoms. The summed E-state index contributed by atoms with van der Waals surface area (Å²) in [5, 5.41) is 16.7. The summed E-state index contributed by atoms with van der Waals surface area (Å²) >= 11 is 6.13. The van der Waals surface area contributed by atoms with Gasteiger partial charge in [0.25, 0.3) is 5.89 Å². The summed E-state index contributed by atoms with van der Waals surface area (Å²) in [6.07, 6.45) is 1.41. The quantitative estimate of drug-likeness (QED) is 0.844. The minimum Gasteiger partial charge on any atom is -0.492 e. The Labute approximate surface area is 102 Å². The Hall–Kier alpha value is -1.75. The van der Waals surface area contributed by atoms with Gasteiger partial charge in [-0.2, -0.15) is 0 Å². The average molecular weight is 253 g/mol. The first kappa shape index (κ1) is 10.4. The van der Waals surface area contributed by atoms with Gasteiger partial charge in [-0.25, -0.2) is 0 Å². The predicted octanol–water partition coefficient (Wildman–Crippen LogP) is 2.42. The van der Waals surface area contributed by atoms with Gasteiger partial charge in [-0.05, 0) is 30.5 Å². The number of aryl methyl sites for hydroxylation is 1. The molecule has 5 nitrogen and oxygen atoms in total. The van der Waals surface area contributed by atoms with Crippen LogP contribution in [0.2, 0.25) is 5.02 Å². The van der Waals surface area contributed by atoms with Gasteiger partial charge in [0.05, 0.1) is 11.6 Å². The lowest BCUT2D eigenvalue weighted by Crippen LogP contribution is -2.08. The number of fused-ring (bicyclic) bond motifs is 1. The maximum atomic E-state index is 9.02. The van der Waals surface area contributed by atoms with E-state index < -0.39 is 6.08 Å². The third-order valence-corrected chi connectivity index (χ3v) is 2.90. The molecule has 1 aromatic carbocycles. The van der Waals surface area contributed by atoms with E-state index in [1.165, 1.54) is 0 Å². The van der Waals surface area contributed by atoms with Crippen LogP contribution in [0.25, 0.3) is 11.5 Å². The van der Waals surface area contributed by atoms with Crippen molar-refractivity contribution in [2.75, 3.05) is 6.61 Å². The van der Waals surface area contributed by atoms with Crippen LogP contribution in [0.4, 0.5) is 0 Å². The zero-order valence-corrected chi connectivity index (χ0v) is 9.57. The predicted molar refractivity (Wildman–Crippen MR) is 60.2 cm³/mol. The fraction of sp³-hybridized carbons (Fsp3) is 0.273. The number of halogens is 1. The van der Waals surface area contributed by atoms with Crippen LogP contribution in [0, 0.1) is 0 Å². The molecule has 0 radical (unpaired) electrons. The number of nitrogens with zero attached hydrogens (tertiary/aromatic N) is 2. The van der Waals surface area contributed by atoms with Gasteiger partial charge in [-0.15, -0.1) is 5.10 Å². The van der Waals surface area contributed by atoms with Crippen molar-refractivity contribution in [2.45, 2.75) is 12.8 Å². The Morgan fingerprint density at radius 2 is 2.18 bits per heavy atom. The molecule has 0 amide bonds. The van der Waals surface area contributed by atoms with Crippen LogP contribution in [-0.2, 0) is 6.42 Å². The topological polar surface area (TPSA) is 68.4 Å². The standard InChI is InChI=1S/C11H9ClN2O3/c12-8-5-7(10-13-14-11(15)17-10)4-6-2-1-3-16-9(6)8/h4-5H,1-3H2,(H,14,15). The van der Waals surface area contributed by atoms with Gasteiger partial charge in [-0.1, -0.05) is 16.7 Å². The highest BCUT2D eigenvalue weighted by Crippen LogP contribution is 2.37. The molecule has 0 saturated heterocycles. The van der Waals surface area contributed by atoms with Crippen LogP contribution in [0.3, 0.4) is 0 Å². The summed E-state index contributed by atoms with van der Waals surface area (Å²) in [4.78, 5) is 0. The third-order valence-electron chi connectivity index (χ3n) is 2.62. The van der Waals surface area contributed by atoms with Crippen LogP contribution < -0.4 is 4.74 Å². The average Bonchev–Trinajstić information content (AvgIpc) is 2.76. The van der Waals surface area contributed by atoms with Crippen molar-refractivity contribution >= 4 is 11.6 Å². The van der Waals surface area contributed by atoms with Crippen LogP contribution in [-0.4, -0.2) is 21.9 Å². The highest BCUT2D eigenvalue weighted by molar-refractivity contribution is 6.32. The van der Waals surface area contributed by atoms with Gasteiger partial charge in [0.1, 0.15) is 5.75 Å². The molecular formula is C11H9ClN2O3. The highest BCUT2D eigenvalue weighted by Gasteiger charge is 2.18. The summed E-state index contributed by atoms with van der Waals surface area (Å²) in [5.41, 5.74) is 1.71. The van der Waals surface area contributed by atoms with Crippen molar-refractivity contribution in [1.29, 1.82) is 0 Å². The van der Waals surface area contributed by atoms with Crippen LogP contribution in [0.1, 0.15) is 12.0 Å². The molecule has 0 atom stereocenters. The van der Waals surface area contributed by atoms with Crippen molar-refractivity contribution < 1.29 is 14.3 Å². The number of hydrogen-bond donors (Lipinski definition) is 1. The largest absolute Gasteiger partial charge is 0.492 e. The zero-order chi connectivity index (χ0) is 11.8. The van der Waals surface area contributed by atoms with E-state index in [2.05, 4.69) is 10.2 Å². The van der Waals surface area contributed by atoms with Crippen molar-refractivity contribution in [3.63, 3.8) is 0 Å². The molecule has 0 saturated carbocycles. The molecule has 1 N–H and O–H groups in total. The Kier molecular flexibility index (Phi) is 2.40. The number of hydrogen-bond acceptors (Lipinski definition) is 5. The maximum absolute atomic E-state index is 9.02. The lowest BCUT2D eigenvalue weighted by atomic mass is 10.0. The Morgan fingerprint density at radius 1 is 1.29 bits per heavy atom. The molecule has 17 heavy (non-hydrogen) atoms. The molecule has 0 fully saturated rings. The van der Waals surface area contributed by atoms with E-state index in [4.69, 9.17) is 25.9 Å². The minimum atomic E-state index is -0.454. The fourth-order valence-electron chi connectivity index (χ4n) is 1.89. The monoisotopic (exact) mass is 252 g/mol. The lowest BCUT2D eigenvalue weighted by molar-refractivity contribution is 0.288. The van der Waals surface area contributed by atoms with E-state index in [0.717, 1.165) is 24.2 Å². The molecule has 1 aliphatic rings. The number of rotatable bonds is 1. The molecule has 2 aromatic rings. The molecule has 1 aliphatic heterocycles. The van der Waals surface area contributed by atoms with E-state index in [-0.39, 0.29) is 5.89 Å². The molecule has 1 aromatic heterocycles. The third kappa shape index (κ3) is 1.82. The van der Waals surface area contributed by atoms with Gasteiger partial charge in [-0.3, -0.25) is 0 Å². The normalized spacial score (nSPS) is 14.2. The Bertz CT molecular complexity index is 568. The molecular weight excluding hydrogens is 244 g/mol. The molecule has 2 heterocycles. The minimum absolute atomic E-state index is 0.248. The van der Waals surface area contributed by atoms with Crippen LogP contribution >= 0.6 is 11.6 Å². The van der Waals surface area contributed by atoms with Gasteiger partial charge in [0, 0.05) is 5.56 Å². The van der Waals surface area contributed by atoms with E-state index in [1.54, 1.807) is 6.07 Å². The Morgan fingerprint density at radius 3 is 2.94 bits per heavy atom. The van der Waals surface area contributed by atoms with Gasteiger partial charge >= 0.3 is 6.08 Å². The first-order chi connectivity index (χ1) is 8.24. The Balaban J connectivity index is 2.10. The number of aromatic nitrogens is 2. The highest BCUT2D eigenvalue weighted by atomic mass is 35.5. The smallest absolute Gasteiger partial charge is 0.412 e. The molecule has 0 aliphatic carbocycles. The van der Waals surface area contributed by atoms with Crippen molar-refractivity contribution in [3.05, 3.63) is 22.7 Å². The van der Waals surface area contributed by atoms with E-state index in [9.17, 15) is 0 Å². The van der Waals surface area contributed by atoms with Crippen molar-refractivity contribution in [1.82, 2.24) is 10.2 Å². The zero-order valence-electron chi connectivity index (χ0n) is 8.81. The number of aromatic hydroxyl groups is 1. The summed E-state index contributed by atoms with van der Waals surface area (Å²) in [6, 6.07) is 3.59. The number of ether oxygens (including phenoxy) is 1. The van der Waals surface area contributed by atoms with E-state index >= 15 is 0 Å². The second kappa shape index (κ2) is 3.92. The molecule has 6 heteroatoms. The summed E-state index contributed by atoms with van der Waals surface area (Å²) in [7, 11) is 0. The van der Waals surface area contributed by atoms with E-state index in [0.29, 0.717) is 17.2 Å². The summed E-state index contributed by atoms with van der Waals surface area (Å²) in [5.74, 6) is 0.975. The lowest BCUT2D eigenvalue weighted by Gasteiger charge is -2.18. The first-order valence-electron chi connectivity index (χ1n) is 5.22. The van der Waals surface area contributed by atoms with Gasteiger partial charge in [0.15, 0.2) is 0 Å². The second-order valence-electron chi connectivity index (χ2n) is 3.79. The number of benzene rings is 1. The molecule has 0 spiro atoms.